The lowest BCUT2D eigenvalue weighted by molar-refractivity contribution is 0.0767. The zero-order chi connectivity index (χ0) is 14.8. The lowest BCUT2D eigenvalue weighted by Crippen LogP contribution is -2.58. The summed E-state index contributed by atoms with van der Waals surface area (Å²) in [7, 11) is 0. The van der Waals surface area contributed by atoms with Crippen LogP contribution < -0.4 is 5.32 Å². The minimum atomic E-state index is -0.0304. The molecule has 0 radical (unpaired) electrons. The summed E-state index contributed by atoms with van der Waals surface area (Å²) in [5.41, 5.74) is 0. The van der Waals surface area contributed by atoms with E-state index in [1.54, 1.807) is 0 Å². The first-order valence-electron chi connectivity index (χ1n) is 7.40. The number of nitrogens with one attached hydrogen (secondary N) is 1. The average Bonchev–Trinajstić information content (AvgIpc) is 3.13. The number of rotatable bonds is 3. The number of carbonyl (C=O) groups excluding carboxylic acids is 1. The second kappa shape index (κ2) is 6.50. The molecular weight excluding hydrogens is 306 g/mol. The number of thioether (sulfide) groups is 1. The zero-order valence-electron chi connectivity index (χ0n) is 12.4. The van der Waals surface area contributed by atoms with Crippen molar-refractivity contribution >= 4 is 34.5 Å². The van der Waals surface area contributed by atoms with Gasteiger partial charge in [-0.2, -0.15) is 9.36 Å². The van der Waals surface area contributed by atoms with Gasteiger partial charge in [-0.25, -0.2) is 4.79 Å². The highest BCUT2D eigenvalue weighted by Crippen LogP contribution is 2.27. The van der Waals surface area contributed by atoms with Crippen molar-refractivity contribution in [2.45, 2.75) is 43.4 Å². The predicted octanol–water partition coefficient (Wildman–Crippen LogP) is 2.35. The van der Waals surface area contributed by atoms with E-state index in [9.17, 15) is 4.79 Å². The molecule has 3 heterocycles. The number of anilines is 1. The molecule has 0 bridgehead atoms. The lowest BCUT2D eigenvalue weighted by Gasteiger charge is -2.43. The number of amides is 2. The SMILES string of the molecule is CC[C@H]1CN2CCC[C@@H]2CN1C(=O)Nc1nc(SC)ns1. The van der Waals surface area contributed by atoms with Crippen LogP contribution in [0.1, 0.15) is 26.2 Å². The van der Waals surface area contributed by atoms with Crippen molar-refractivity contribution in [3.05, 3.63) is 0 Å². The summed E-state index contributed by atoms with van der Waals surface area (Å²) in [5.74, 6) is 0. The summed E-state index contributed by atoms with van der Waals surface area (Å²) in [6.07, 6.45) is 5.38. The van der Waals surface area contributed by atoms with Crippen LogP contribution in [0.3, 0.4) is 0 Å². The molecule has 3 rings (SSSR count). The summed E-state index contributed by atoms with van der Waals surface area (Å²) in [4.78, 5) is 21.4. The fourth-order valence-electron chi connectivity index (χ4n) is 3.19. The highest BCUT2D eigenvalue weighted by Gasteiger charge is 2.37. The van der Waals surface area contributed by atoms with Crippen LogP contribution in [0.2, 0.25) is 0 Å². The van der Waals surface area contributed by atoms with Crippen molar-refractivity contribution in [3.63, 3.8) is 0 Å². The molecule has 6 nitrogen and oxygen atoms in total. The van der Waals surface area contributed by atoms with E-state index in [0.717, 1.165) is 19.5 Å². The number of nitrogens with zero attached hydrogens (tertiary/aromatic N) is 4. The Labute approximate surface area is 133 Å². The Morgan fingerprint density at radius 1 is 1.52 bits per heavy atom. The van der Waals surface area contributed by atoms with Gasteiger partial charge in [0.15, 0.2) is 0 Å². The Bertz CT molecular complexity index is 509. The van der Waals surface area contributed by atoms with E-state index in [2.05, 4.69) is 26.5 Å². The standard InChI is InChI=1S/C13H21N5OS2/c1-3-9-7-17-6-4-5-10(17)8-18(9)13(19)15-11-14-12(20-2)16-21-11/h9-10H,3-8H2,1-2H3,(H,14,15,16,19)/t9-,10+/m0/s1. The number of fused-ring (bicyclic) bond motifs is 1. The Kier molecular flexibility index (Phi) is 4.66. The van der Waals surface area contributed by atoms with Gasteiger partial charge in [-0.3, -0.25) is 10.2 Å². The zero-order valence-corrected chi connectivity index (χ0v) is 14.0. The van der Waals surface area contributed by atoms with Crippen LogP contribution in [0.4, 0.5) is 9.93 Å². The Morgan fingerprint density at radius 2 is 2.38 bits per heavy atom. The molecule has 116 valence electrons. The Balaban J connectivity index is 1.67. The number of aromatic nitrogens is 2. The molecule has 2 fully saturated rings. The number of hydrogen-bond acceptors (Lipinski definition) is 6. The summed E-state index contributed by atoms with van der Waals surface area (Å²) < 4.78 is 4.18. The quantitative estimate of drug-likeness (QED) is 0.864. The van der Waals surface area contributed by atoms with Gasteiger partial charge in [-0.05, 0) is 32.1 Å². The van der Waals surface area contributed by atoms with Gasteiger partial charge in [0.1, 0.15) is 0 Å². The monoisotopic (exact) mass is 327 g/mol. The van der Waals surface area contributed by atoms with E-state index in [4.69, 9.17) is 0 Å². The third kappa shape index (κ3) is 3.17. The van der Waals surface area contributed by atoms with Crippen molar-refractivity contribution in [3.8, 4) is 0 Å². The molecule has 2 aliphatic heterocycles. The Hall–Kier alpha value is -0.860. The maximum atomic E-state index is 12.6. The smallest absolute Gasteiger partial charge is 0.319 e. The minimum Gasteiger partial charge on any atom is -0.319 e. The molecule has 2 amide bonds. The van der Waals surface area contributed by atoms with Gasteiger partial charge in [-0.1, -0.05) is 18.7 Å². The van der Waals surface area contributed by atoms with Crippen LogP contribution in [-0.2, 0) is 0 Å². The lowest BCUT2D eigenvalue weighted by atomic mass is 10.1. The van der Waals surface area contributed by atoms with Gasteiger partial charge in [0, 0.05) is 36.7 Å². The average molecular weight is 327 g/mol. The van der Waals surface area contributed by atoms with E-state index in [1.807, 2.05) is 11.2 Å². The molecule has 0 saturated carbocycles. The maximum absolute atomic E-state index is 12.6. The molecule has 0 unspecified atom stereocenters. The highest BCUT2D eigenvalue weighted by atomic mass is 32.2. The fraction of sp³-hybridized carbons (Fsp3) is 0.769. The largest absolute Gasteiger partial charge is 0.324 e. The molecule has 1 aromatic rings. The van der Waals surface area contributed by atoms with Gasteiger partial charge < -0.3 is 4.90 Å². The van der Waals surface area contributed by atoms with E-state index in [1.165, 1.54) is 42.7 Å². The molecular formula is C13H21N5OS2. The molecule has 0 aliphatic carbocycles. The number of hydrogen-bond donors (Lipinski definition) is 1. The number of carbonyl (C=O) groups is 1. The molecule has 8 heteroatoms. The highest BCUT2D eigenvalue weighted by molar-refractivity contribution is 7.98. The molecule has 2 saturated heterocycles. The molecule has 0 spiro atoms. The Morgan fingerprint density at radius 3 is 3.10 bits per heavy atom. The van der Waals surface area contributed by atoms with Crippen LogP contribution in [0, 0.1) is 0 Å². The van der Waals surface area contributed by atoms with Crippen molar-refractivity contribution in [1.82, 2.24) is 19.2 Å². The first-order valence-corrected chi connectivity index (χ1v) is 9.40. The van der Waals surface area contributed by atoms with Gasteiger partial charge in [0.05, 0.1) is 0 Å². The van der Waals surface area contributed by atoms with Gasteiger partial charge in [-0.15, -0.1) is 0 Å². The summed E-state index contributed by atoms with van der Waals surface area (Å²) in [6, 6.07) is 0.805. The number of piperazine rings is 1. The van der Waals surface area contributed by atoms with Crippen LogP contribution in [0.5, 0.6) is 0 Å². The van der Waals surface area contributed by atoms with Gasteiger partial charge >= 0.3 is 6.03 Å². The number of urea groups is 1. The van der Waals surface area contributed by atoms with E-state index in [-0.39, 0.29) is 6.03 Å². The van der Waals surface area contributed by atoms with Crippen molar-refractivity contribution < 1.29 is 4.79 Å². The predicted molar refractivity (Wildman–Crippen MR) is 86.1 cm³/mol. The summed E-state index contributed by atoms with van der Waals surface area (Å²) in [5, 5.41) is 4.21. The van der Waals surface area contributed by atoms with E-state index >= 15 is 0 Å². The first kappa shape index (κ1) is 15.1. The normalized spacial score (nSPS) is 25.9. The van der Waals surface area contributed by atoms with Crippen molar-refractivity contribution in [1.29, 1.82) is 0 Å². The third-order valence-electron chi connectivity index (χ3n) is 4.33. The van der Waals surface area contributed by atoms with Crippen LogP contribution in [-0.4, -0.2) is 63.2 Å². The van der Waals surface area contributed by atoms with Crippen molar-refractivity contribution in [2.24, 2.45) is 0 Å². The molecule has 1 aromatic heterocycles. The fourth-order valence-corrected chi connectivity index (χ4v) is 4.31. The first-order chi connectivity index (χ1) is 10.2. The van der Waals surface area contributed by atoms with Crippen LogP contribution >= 0.6 is 23.3 Å². The van der Waals surface area contributed by atoms with Gasteiger partial charge in [0.25, 0.3) is 0 Å². The second-order valence-corrected chi connectivity index (χ2v) is 7.05. The molecule has 21 heavy (non-hydrogen) atoms. The molecule has 2 aliphatic rings. The maximum Gasteiger partial charge on any atom is 0.324 e. The van der Waals surface area contributed by atoms with Crippen LogP contribution in [0.15, 0.2) is 5.16 Å². The third-order valence-corrected chi connectivity index (χ3v) is 5.62. The van der Waals surface area contributed by atoms with E-state index in [0.29, 0.717) is 22.4 Å². The van der Waals surface area contributed by atoms with Crippen molar-refractivity contribution in [2.75, 3.05) is 31.2 Å². The second-order valence-electron chi connectivity index (χ2n) is 5.52. The summed E-state index contributed by atoms with van der Waals surface area (Å²) in [6.45, 7) is 5.17. The topological polar surface area (TPSA) is 61.4 Å². The molecule has 2 atom stereocenters. The molecule has 1 N–H and O–H groups in total. The minimum absolute atomic E-state index is 0.0304. The van der Waals surface area contributed by atoms with E-state index < -0.39 is 0 Å². The van der Waals surface area contributed by atoms with Crippen LogP contribution in [0.25, 0.3) is 0 Å². The summed E-state index contributed by atoms with van der Waals surface area (Å²) >= 11 is 2.73. The molecule has 0 aromatic carbocycles. The van der Waals surface area contributed by atoms with Gasteiger partial charge in [0.2, 0.25) is 10.3 Å².